The Morgan fingerprint density at radius 3 is 1.90 bits per heavy atom. The average Bonchev–Trinajstić information content (AvgIpc) is 2.78. The summed E-state index contributed by atoms with van der Waals surface area (Å²) in [6, 6.07) is 10.3. The number of ether oxygens (including phenoxy) is 1. The van der Waals surface area contributed by atoms with Crippen LogP contribution in [-0.4, -0.2) is 28.9 Å². The van der Waals surface area contributed by atoms with Crippen LogP contribution in [0.25, 0.3) is 0 Å². The van der Waals surface area contributed by atoms with E-state index in [0.717, 1.165) is 19.3 Å². The Morgan fingerprint density at radius 1 is 0.839 bits per heavy atom. The Kier molecular flexibility index (Phi) is 8.43. The molecule has 0 bridgehead atoms. The zero-order valence-electron chi connectivity index (χ0n) is 20.2. The maximum absolute atomic E-state index is 13.4. The minimum Gasteiger partial charge on any atom is -0.442 e. The maximum Gasteiger partial charge on any atom is 0.434 e. The van der Waals surface area contributed by atoms with Gasteiger partial charge in [-0.1, -0.05) is 68.9 Å². The van der Waals surface area contributed by atoms with Gasteiger partial charge in [0, 0.05) is 0 Å². The molecule has 0 aromatic heterocycles. The number of amides is 1. The molecule has 0 aliphatic heterocycles. The van der Waals surface area contributed by atoms with E-state index in [-0.39, 0.29) is 11.7 Å². The van der Waals surface area contributed by atoms with Crippen LogP contribution in [0.5, 0.6) is 0 Å². The number of carbonyl (C=O) groups excluding carboxylic acids is 1. The molecule has 2 saturated carbocycles. The first-order chi connectivity index (χ1) is 14.8. The van der Waals surface area contributed by atoms with Crippen molar-refractivity contribution < 1.29 is 14.4 Å². The molecule has 0 atom stereocenters. The number of hydrogen-bond acceptors (Lipinski definition) is 3. The first kappa shape index (κ1) is 24.1. The van der Waals surface area contributed by atoms with Crippen LogP contribution in [0.15, 0.2) is 30.3 Å². The molecule has 4 nitrogen and oxygen atoms in total. The van der Waals surface area contributed by atoms with Gasteiger partial charge in [0.25, 0.3) is 0 Å². The summed E-state index contributed by atoms with van der Waals surface area (Å²) in [5, 5.41) is 1.52. The van der Waals surface area contributed by atoms with Gasteiger partial charge < -0.3 is 4.74 Å². The number of hydrogen-bond donors (Lipinski definition) is 0. The Balaban J connectivity index is 1.69. The highest BCUT2D eigenvalue weighted by Crippen LogP contribution is 2.37. The molecule has 0 spiro atoms. The molecule has 2 aliphatic carbocycles. The van der Waals surface area contributed by atoms with Crippen LogP contribution in [0.3, 0.4) is 0 Å². The average molecular weight is 430 g/mol. The lowest BCUT2D eigenvalue weighted by atomic mass is 9.79. The highest BCUT2D eigenvalue weighted by Gasteiger charge is 2.39. The monoisotopic (exact) mass is 429 g/mol. The Morgan fingerprint density at radius 2 is 1.35 bits per heavy atom. The molecular formula is C27H43NO3. The minimum absolute atomic E-state index is 0.338. The first-order valence-corrected chi connectivity index (χ1v) is 12.5. The molecule has 1 aromatic rings. The predicted octanol–water partition coefficient (Wildman–Crippen LogP) is 7.32. The SMILES string of the molecule is CC(C)(OC(=O)N(CCc1ccccc1)OC(C)(C)C1CCCCC1)C1CCCCC1. The summed E-state index contributed by atoms with van der Waals surface area (Å²) >= 11 is 0. The quantitative estimate of drug-likeness (QED) is 0.406. The molecule has 0 unspecified atom stereocenters. The lowest BCUT2D eigenvalue weighted by Crippen LogP contribution is -2.48. The smallest absolute Gasteiger partial charge is 0.434 e. The Bertz CT molecular complexity index is 673. The van der Waals surface area contributed by atoms with E-state index in [2.05, 4.69) is 39.8 Å². The third kappa shape index (κ3) is 6.97. The Hall–Kier alpha value is -1.55. The molecule has 0 heterocycles. The van der Waals surface area contributed by atoms with Gasteiger partial charge in [-0.05, 0) is 77.2 Å². The van der Waals surface area contributed by atoms with Crippen molar-refractivity contribution >= 4 is 6.09 Å². The van der Waals surface area contributed by atoms with Gasteiger partial charge >= 0.3 is 6.09 Å². The highest BCUT2D eigenvalue weighted by molar-refractivity contribution is 5.67. The summed E-state index contributed by atoms with van der Waals surface area (Å²) in [4.78, 5) is 19.8. The van der Waals surface area contributed by atoms with Gasteiger partial charge in [0.2, 0.25) is 0 Å². The molecule has 2 aliphatic rings. The van der Waals surface area contributed by atoms with E-state index in [1.165, 1.54) is 62.0 Å². The van der Waals surface area contributed by atoms with Gasteiger partial charge in [-0.25, -0.2) is 4.79 Å². The van der Waals surface area contributed by atoms with Crippen molar-refractivity contribution in [1.82, 2.24) is 5.06 Å². The molecule has 1 aromatic carbocycles. The zero-order valence-corrected chi connectivity index (χ0v) is 20.2. The van der Waals surface area contributed by atoms with Crippen molar-refractivity contribution in [3.8, 4) is 0 Å². The largest absolute Gasteiger partial charge is 0.442 e. The number of carbonyl (C=O) groups is 1. The fourth-order valence-corrected chi connectivity index (χ4v) is 5.36. The maximum atomic E-state index is 13.4. The van der Waals surface area contributed by atoms with Crippen molar-refractivity contribution in [2.75, 3.05) is 6.54 Å². The van der Waals surface area contributed by atoms with E-state index in [1.807, 2.05) is 18.2 Å². The van der Waals surface area contributed by atoms with Crippen LogP contribution in [-0.2, 0) is 16.0 Å². The summed E-state index contributed by atoms with van der Waals surface area (Å²) in [6.07, 6.45) is 12.6. The zero-order chi connectivity index (χ0) is 22.3. The molecule has 1 amide bonds. The van der Waals surface area contributed by atoms with Crippen LogP contribution < -0.4 is 0 Å². The Labute approximate surface area is 189 Å². The van der Waals surface area contributed by atoms with E-state index >= 15 is 0 Å². The fourth-order valence-electron chi connectivity index (χ4n) is 5.36. The second-order valence-electron chi connectivity index (χ2n) is 10.7. The number of benzene rings is 1. The van der Waals surface area contributed by atoms with Crippen LogP contribution in [0, 0.1) is 11.8 Å². The second kappa shape index (κ2) is 10.8. The number of hydroxylamine groups is 2. The molecule has 0 saturated heterocycles. The standard InChI is InChI=1S/C27H43NO3/c1-26(2,23-16-10-6-11-17-23)30-25(29)28(21-20-22-14-8-5-9-15-22)31-27(3,4)24-18-12-7-13-19-24/h5,8-9,14-15,23-24H,6-7,10-13,16-21H2,1-4H3. The normalized spacial score (nSPS) is 19.2. The van der Waals surface area contributed by atoms with Crippen molar-refractivity contribution in [2.45, 2.75) is 110 Å². The number of nitrogens with zero attached hydrogens (tertiary/aromatic N) is 1. The lowest BCUT2D eigenvalue weighted by molar-refractivity contribution is -0.239. The fraction of sp³-hybridized carbons (Fsp3) is 0.741. The summed E-state index contributed by atoms with van der Waals surface area (Å²) < 4.78 is 6.12. The summed E-state index contributed by atoms with van der Waals surface area (Å²) in [7, 11) is 0. The predicted molar refractivity (Wildman–Crippen MR) is 126 cm³/mol. The van der Waals surface area contributed by atoms with Crippen LogP contribution in [0.1, 0.15) is 97.5 Å². The van der Waals surface area contributed by atoms with Crippen molar-refractivity contribution in [1.29, 1.82) is 0 Å². The van der Waals surface area contributed by atoms with Crippen molar-refractivity contribution in [2.24, 2.45) is 11.8 Å². The number of rotatable bonds is 8. The molecule has 0 radical (unpaired) electrons. The van der Waals surface area contributed by atoms with Crippen molar-refractivity contribution in [3.63, 3.8) is 0 Å². The van der Waals surface area contributed by atoms with E-state index in [1.54, 1.807) is 0 Å². The topological polar surface area (TPSA) is 38.8 Å². The lowest BCUT2D eigenvalue weighted by Gasteiger charge is -2.41. The molecule has 3 rings (SSSR count). The third-order valence-corrected chi connectivity index (χ3v) is 7.52. The molecule has 31 heavy (non-hydrogen) atoms. The van der Waals surface area contributed by atoms with E-state index < -0.39 is 5.60 Å². The van der Waals surface area contributed by atoms with Crippen LogP contribution in [0.4, 0.5) is 4.79 Å². The first-order valence-electron chi connectivity index (χ1n) is 12.5. The van der Waals surface area contributed by atoms with Gasteiger partial charge in [0.1, 0.15) is 5.60 Å². The molecule has 0 N–H and O–H groups in total. The molecule has 4 heteroatoms. The van der Waals surface area contributed by atoms with Gasteiger partial charge in [0.15, 0.2) is 0 Å². The van der Waals surface area contributed by atoms with Crippen LogP contribution >= 0.6 is 0 Å². The van der Waals surface area contributed by atoms with Gasteiger partial charge in [-0.3, -0.25) is 4.84 Å². The minimum atomic E-state index is -0.471. The molecular weight excluding hydrogens is 386 g/mol. The summed E-state index contributed by atoms with van der Waals surface area (Å²) in [6.45, 7) is 8.92. The summed E-state index contributed by atoms with van der Waals surface area (Å²) in [5.74, 6) is 0.896. The van der Waals surface area contributed by atoms with E-state index in [9.17, 15) is 4.79 Å². The third-order valence-electron chi connectivity index (χ3n) is 7.52. The highest BCUT2D eigenvalue weighted by atomic mass is 16.7. The van der Waals surface area contributed by atoms with Gasteiger partial charge in [-0.2, -0.15) is 5.06 Å². The van der Waals surface area contributed by atoms with Crippen LogP contribution in [0.2, 0.25) is 0 Å². The van der Waals surface area contributed by atoms with E-state index in [0.29, 0.717) is 18.4 Å². The van der Waals surface area contributed by atoms with Gasteiger partial charge in [-0.15, -0.1) is 0 Å². The van der Waals surface area contributed by atoms with E-state index in [4.69, 9.17) is 9.57 Å². The van der Waals surface area contributed by atoms with Gasteiger partial charge in [0.05, 0.1) is 12.1 Å². The van der Waals surface area contributed by atoms with Crippen molar-refractivity contribution in [3.05, 3.63) is 35.9 Å². The molecule has 174 valence electrons. The second-order valence-corrected chi connectivity index (χ2v) is 10.7. The summed E-state index contributed by atoms with van der Waals surface area (Å²) in [5.41, 5.74) is 0.345. The molecule has 2 fully saturated rings.